The fourth-order valence-corrected chi connectivity index (χ4v) is 2.79. The molecule has 0 aliphatic heterocycles. The Bertz CT molecular complexity index is 736. The van der Waals surface area contributed by atoms with Crippen LogP contribution in [0, 0.1) is 0 Å². The molecule has 0 amide bonds. The van der Waals surface area contributed by atoms with Crippen molar-refractivity contribution >= 4 is 27.3 Å². The summed E-state index contributed by atoms with van der Waals surface area (Å²) in [5, 5.41) is 11.3. The molecule has 0 fully saturated rings. The van der Waals surface area contributed by atoms with Crippen LogP contribution in [0.3, 0.4) is 0 Å². The first kappa shape index (κ1) is 17.2. The normalized spacial score (nSPS) is 11.3. The second kappa shape index (κ2) is 7.41. The van der Waals surface area contributed by atoms with Gasteiger partial charge in [-0.2, -0.15) is 0 Å². The second-order valence-electron chi connectivity index (χ2n) is 5.09. The number of hydrogen-bond donors (Lipinski definition) is 2. The van der Waals surface area contributed by atoms with E-state index in [1.54, 1.807) is 19.1 Å². The smallest absolute Gasteiger partial charge is 0.233 e. The molecule has 1 aromatic heterocycles. The van der Waals surface area contributed by atoms with Crippen LogP contribution in [0.5, 0.6) is 0 Å². The van der Waals surface area contributed by atoms with E-state index in [0.717, 1.165) is 18.5 Å². The molecular weight excluding hydrogens is 312 g/mol. The molecule has 0 unspecified atom stereocenters. The van der Waals surface area contributed by atoms with Crippen molar-refractivity contribution in [1.29, 1.82) is 0 Å². The van der Waals surface area contributed by atoms with E-state index < -0.39 is 10.0 Å². The average molecular weight is 334 g/mol. The highest BCUT2D eigenvalue weighted by atomic mass is 32.2. The third-order valence-electron chi connectivity index (χ3n) is 3.56. The second-order valence-corrected chi connectivity index (χ2v) is 7.10. The zero-order valence-electron chi connectivity index (χ0n) is 13.6. The molecule has 6 nitrogen and oxygen atoms in total. The SMILES string of the molecule is CCc1cccc(CC)c1Nc1ccc(NS(=O)(=O)CC)nn1. The molecule has 0 radical (unpaired) electrons. The van der Waals surface area contributed by atoms with E-state index in [-0.39, 0.29) is 11.6 Å². The number of benzene rings is 1. The molecular formula is C16H22N4O2S. The molecule has 0 aliphatic carbocycles. The minimum absolute atomic E-state index is 0.00157. The molecule has 0 saturated carbocycles. The van der Waals surface area contributed by atoms with Crippen molar-refractivity contribution in [2.75, 3.05) is 15.8 Å². The van der Waals surface area contributed by atoms with Gasteiger partial charge >= 0.3 is 0 Å². The molecule has 124 valence electrons. The highest BCUT2D eigenvalue weighted by Crippen LogP contribution is 2.25. The van der Waals surface area contributed by atoms with E-state index >= 15 is 0 Å². The fraction of sp³-hybridized carbons (Fsp3) is 0.375. The first-order valence-electron chi connectivity index (χ1n) is 7.71. The predicted molar refractivity (Wildman–Crippen MR) is 93.6 cm³/mol. The standard InChI is InChI=1S/C16H22N4O2S/c1-4-12-8-7-9-13(5-2)16(12)17-14-10-11-15(19-18-14)20-23(21,22)6-3/h7-11H,4-6H2,1-3H3,(H,17,18)(H,19,20). The Hall–Kier alpha value is -2.15. The largest absolute Gasteiger partial charge is 0.338 e. The molecule has 0 aliphatic rings. The van der Waals surface area contributed by atoms with Crippen LogP contribution in [0.15, 0.2) is 30.3 Å². The molecule has 2 N–H and O–H groups in total. The van der Waals surface area contributed by atoms with Gasteiger partial charge in [0.05, 0.1) is 5.75 Å². The molecule has 7 heteroatoms. The third kappa shape index (κ3) is 4.41. The predicted octanol–water partition coefficient (Wildman–Crippen LogP) is 3.11. The molecule has 23 heavy (non-hydrogen) atoms. The number of sulfonamides is 1. The van der Waals surface area contributed by atoms with Crippen molar-refractivity contribution in [3.63, 3.8) is 0 Å². The van der Waals surface area contributed by atoms with E-state index in [1.165, 1.54) is 11.1 Å². The number of aryl methyl sites for hydroxylation is 2. The van der Waals surface area contributed by atoms with Crippen molar-refractivity contribution in [3.8, 4) is 0 Å². The van der Waals surface area contributed by atoms with Gasteiger partial charge in [0, 0.05) is 5.69 Å². The number of aromatic nitrogens is 2. The fourth-order valence-electron chi connectivity index (χ4n) is 2.22. The lowest BCUT2D eigenvalue weighted by Gasteiger charge is -2.14. The monoisotopic (exact) mass is 334 g/mol. The lowest BCUT2D eigenvalue weighted by molar-refractivity contribution is 0.602. The Kier molecular flexibility index (Phi) is 5.54. The van der Waals surface area contributed by atoms with E-state index in [2.05, 4.69) is 52.3 Å². The Labute approximate surface area is 137 Å². The first-order chi connectivity index (χ1) is 11.0. The molecule has 0 spiro atoms. The van der Waals surface area contributed by atoms with Gasteiger partial charge in [0.25, 0.3) is 0 Å². The van der Waals surface area contributed by atoms with Crippen LogP contribution in [-0.2, 0) is 22.9 Å². The van der Waals surface area contributed by atoms with Gasteiger partial charge in [-0.25, -0.2) is 8.42 Å². The molecule has 0 bridgehead atoms. The van der Waals surface area contributed by atoms with Gasteiger partial charge in [-0.05, 0) is 43.0 Å². The summed E-state index contributed by atoms with van der Waals surface area (Å²) >= 11 is 0. The summed E-state index contributed by atoms with van der Waals surface area (Å²) in [4.78, 5) is 0. The molecule has 2 aromatic rings. The van der Waals surface area contributed by atoms with Crippen molar-refractivity contribution in [2.24, 2.45) is 0 Å². The van der Waals surface area contributed by atoms with Crippen molar-refractivity contribution < 1.29 is 8.42 Å². The molecule has 0 atom stereocenters. The minimum atomic E-state index is -3.34. The third-order valence-corrected chi connectivity index (χ3v) is 4.84. The quantitative estimate of drug-likeness (QED) is 0.813. The summed E-state index contributed by atoms with van der Waals surface area (Å²) in [5.41, 5.74) is 3.47. The van der Waals surface area contributed by atoms with Crippen LogP contribution < -0.4 is 10.0 Å². The Morgan fingerprint density at radius 2 is 1.48 bits per heavy atom. The highest BCUT2D eigenvalue weighted by Gasteiger charge is 2.10. The van der Waals surface area contributed by atoms with Gasteiger partial charge in [-0.3, -0.25) is 4.72 Å². The minimum Gasteiger partial charge on any atom is -0.338 e. The maximum absolute atomic E-state index is 11.5. The number of nitrogens with one attached hydrogen (secondary N) is 2. The Morgan fingerprint density at radius 3 is 1.96 bits per heavy atom. The summed E-state index contributed by atoms with van der Waals surface area (Å²) < 4.78 is 25.4. The van der Waals surface area contributed by atoms with Crippen LogP contribution in [0.2, 0.25) is 0 Å². The number of rotatable bonds is 7. The van der Waals surface area contributed by atoms with E-state index in [0.29, 0.717) is 5.82 Å². The Balaban J connectivity index is 2.22. The van der Waals surface area contributed by atoms with Crippen molar-refractivity contribution in [2.45, 2.75) is 33.6 Å². The zero-order valence-corrected chi connectivity index (χ0v) is 14.4. The molecule has 1 heterocycles. The van der Waals surface area contributed by atoms with Crippen LogP contribution >= 0.6 is 0 Å². The maximum Gasteiger partial charge on any atom is 0.233 e. The Morgan fingerprint density at radius 1 is 0.913 bits per heavy atom. The topological polar surface area (TPSA) is 84.0 Å². The number of anilines is 3. The highest BCUT2D eigenvalue weighted by molar-refractivity contribution is 7.92. The van der Waals surface area contributed by atoms with Crippen LogP contribution in [0.1, 0.15) is 31.9 Å². The number of nitrogens with zero attached hydrogens (tertiary/aromatic N) is 2. The lowest BCUT2D eigenvalue weighted by Crippen LogP contribution is -2.16. The zero-order chi connectivity index (χ0) is 16.9. The van der Waals surface area contributed by atoms with E-state index in [4.69, 9.17) is 0 Å². The van der Waals surface area contributed by atoms with Gasteiger partial charge in [0.15, 0.2) is 11.6 Å². The van der Waals surface area contributed by atoms with Crippen LogP contribution in [0.25, 0.3) is 0 Å². The summed E-state index contributed by atoms with van der Waals surface area (Å²) in [6, 6.07) is 9.53. The van der Waals surface area contributed by atoms with Gasteiger partial charge in [0.1, 0.15) is 0 Å². The average Bonchev–Trinajstić information content (AvgIpc) is 2.56. The summed E-state index contributed by atoms with van der Waals surface area (Å²) in [5.74, 6) is 0.801. The van der Waals surface area contributed by atoms with Crippen molar-refractivity contribution in [1.82, 2.24) is 10.2 Å². The van der Waals surface area contributed by atoms with Gasteiger partial charge in [-0.1, -0.05) is 32.0 Å². The maximum atomic E-state index is 11.5. The first-order valence-corrected chi connectivity index (χ1v) is 9.36. The summed E-state index contributed by atoms with van der Waals surface area (Å²) in [7, 11) is -3.34. The molecule has 2 rings (SSSR count). The van der Waals surface area contributed by atoms with E-state index in [9.17, 15) is 8.42 Å². The number of hydrogen-bond acceptors (Lipinski definition) is 5. The van der Waals surface area contributed by atoms with Crippen LogP contribution in [0.4, 0.5) is 17.3 Å². The summed E-state index contributed by atoms with van der Waals surface area (Å²) in [6.07, 6.45) is 1.83. The van der Waals surface area contributed by atoms with Gasteiger partial charge in [0.2, 0.25) is 10.0 Å². The van der Waals surface area contributed by atoms with Gasteiger partial charge in [-0.15, -0.1) is 10.2 Å². The lowest BCUT2D eigenvalue weighted by atomic mass is 10.0. The molecule has 0 saturated heterocycles. The van der Waals surface area contributed by atoms with E-state index in [1.807, 2.05) is 0 Å². The van der Waals surface area contributed by atoms with Crippen LogP contribution in [-0.4, -0.2) is 24.4 Å². The van der Waals surface area contributed by atoms with Crippen molar-refractivity contribution in [3.05, 3.63) is 41.5 Å². The number of para-hydroxylation sites is 1. The summed E-state index contributed by atoms with van der Waals surface area (Å²) in [6.45, 7) is 5.78. The van der Waals surface area contributed by atoms with Gasteiger partial charge < -0.3 is 5.32 Å². The molecule has 1 aromatic carbocycles.